The number of carbonyl (C=O) groups is 3. The number of rotatable bonds is 5. The molecule has 3 rings (SSSR count). The van der Waals surface area contributed by atoms with Crippen LogP contribution in [0.5, 0.6) is 0 Å². The van der Waals surface area contributed by atoms with Crippen LogP contribution in [0.1, 0.15) is 12.8 Å². The number of nitrogens with zero attached hydrogens (tertiary/aromatic N) is 2. The maximum atomic E-state index is 13.0. The van der Waals surface area contributed by atoms with Gasteiger partial charge in [0.05, 0.1) is 4.92 Å². The lowest BCUT2D eigenvalue weighted by Crippen LogP contribution is -2.44. The molecular formula is C21H22FN5O5. The SMILES string of the molecule is O=C(NCC1CCN(C(=O)Nc2ccc(F)cc2)CC1)C(=O)Nc1ccccc1[N+](=O)[O-]. The van der Waals surface area contributed by atoms with Crippen LogP contribution >= 0.6 is 0 Å². The van der Waals surface area contributed by atoms with Gasteiger partial charge in [0.2, 0.25) is 0 Å². The van der Waals surface area contributed by atoms with Gasteiger partial charge in [0.15, 0.2) is 0 Å². The molecule has 0 unspecified atom stereocenters. The Morgan fingerprint density at radius 3 is 2.31 bits per heavy atom. The first-order valence-electron chi connectivity index (χ1n) is 9.97. The van der Waals surface area contributed by atoms with Crippen molar-refractivity contribution in [2.45, 2.75) is 12.8 Å². The van der Waals surface area contributed by atoms with E-state index in [1.54, 1.807) is 4.90 Å². The summed E-state index contributed by atoms with van der Waals surface area (Å²) in [6, 6.07) is 10.7. The third-order valence-corrected chi connectivity index (χ3v) is 5.10. The van der Waals surface area contributed by atoms with Crippen LogP contribution in [-0.4, -0.2) is 47.3 Å². The number of nitro groups is 1. The number of halogens is 1. The summed E-state index contributed by atoms with van der Waals surface area (Å²) >= 11 is 0. The Morgan fingerprint density at radius 2 is 1.66 bits per heavy atom. The molecule has 2 aromatic rings. The van der Waals surface area contributed by atoms with Gasteiger partial charge in [0, 0.05) is 31.4 Å². The number of piperidine rings is 1. The number of benzene rings is 2. The molecule has 3 N–H and O–H groups in total. The summed E-state index contributed by atoms with van der Waals surface area (Å²) in [4.78, 5) is 48.4. The quantitative estimate of drug-likeness (QED) is 0.371. The fraction of sp³-hybridized carbons (Fsp3) is 0.286. The summed E-state index contributed by atoms with van der Waals surface area (Å²) < 4.78 is 13.0. The summed E-state index contributed by atoms with van der Waals surface area (Å²) in [5, 5.41) is 18.5. The summed E-state index contributed by atoms with van der Waals surface area (Å²) in [5.74, 6) is -2.19. The van der Waals surface area contributed by atoms with Gasteiger partial charge in [0.1, 0.15) is 11.5 Å². The van der Waals surface area contributed by atoms with E-state index in [0.29, 0.717) is 31.6 Å². The Hall–Kier alpha value is -4.02. The predicted octanol–water partition coefficient (Wildman–Crippen LogP) is 2.73. The van der Waals surface area contributed by atoms with Crippen molar-refractivity contribution >= 4 is 34.9 Å². The largest absolute Gasteiger partial charge is 0.348 e. The minimum Gasteiger partial charge on any atom is -0.348 e. The second-order valence-corrected chi connectivity index (χ2v) is 7.31. The molecule has 0 atom stereocenters. The molecule has 2 aromatic carbocycles. The Balaban J connectivity index is 1.42. The highest BCUT2D eigenvalue weighted by Crippen LogP contribution is 2.23. The molecule has 10 nitrogen and oxygen atoms in total. The number of carbonyl (C=O) groups excluding carboxylic acids is 3. The Labute approximate surface area is 182 Å². The van der Waals surface area contributed by atoms with E-state index >= 15 is 0 Å². The number of likely N-dealkylation sites (tertiary alicyclic amines) is 1. The molecule has 4 amide bonds. The first-order chi connectivity index (χ1) is 15.3. The van der Waals surface area contributed by atoms with Crippen LogP contribution in [0.2, 0.25) is 0 Å². The van der Waals surface area contributed by atoms with E-state index in [0.717, 1.165) is 0 Å². The normalized spacial score (nSPS) is 13.8. The van der Waals surface area contributed by atoms with Gasteiger partial charge < -0.3 is 20.9 Å². The molecule has 0 aromatic heterocycles. The molecule has 0 saturated carbocycles. The van der Waals surface area contributed by atoms with E-state index in [1.807, 2.05) is 0 Å². The summed E-state index contributed by atoms with van der Waals surface area (Å²) in [5.41, 5.74) is 0.133. The van der Waals surface area contributed by atoms with Crippen molar-refractivity contribution in [2.24, 2.45) is 5.92 Å². The molecule has 0 radical (unpaired) electrons. The molecule has 1 aliphatic heterocycles. The minimum atomic E-state index is -0.990. The average molecular weight is 443 g/mol. The lowest BCUT2D eigenvalue weighted by molar-refractivity contribution is -0.383. The van der Waals surface area contributed by atoms with Gasteiger partial charge in [-0.2, -0.15) is 0 Å². The second kappa shape index (κ2) is 10.3. The van der Waals surface area contributed by atoms with Crippen molar-refractivity contribution in [3.63, 3.8) is 0 Å². The van der Waals surface area contributed by atoms with Crippen molar-refractivity contribution in [2.75, 3.05) is 30.3 Å². The standard InChI is InChI=1S/C21H22FN5O5/c22-15-5-7-16(8-6-15)24-21(30)26-11-9-14(10-12-26)13-23-19(28)20(29)25-17-3-1-2-4-18(17)27(31)32/h1-8,14H,9-13H2,(H,23,28)(H,24,30)(H,25,29). The third kappa shape index (κ3) is 6.00. The number of nitro benzene ring substituents is 1. The fourth-order valence-corrected chi connectivity index (χ4v) is 3.31. The Kier molecular flexibility index (Phi) is 7.32. The highest BCUT2D eigenvalue weighted by molar-refractivity contribution is 6.39. The van der Waals surface area contributed by atoms with E-state index < -0.39 is 16.7 Å². The molecule has 32 heavy (non-hydrogen) atoms. The number of urea groups is 1. The fourth-order valence-electron chi connectivity index (χ4n) is 3.31. The number of hydrogen-bond donors (Lipinski definition) is 3. The molecule has 11 heteroatoms. The number of para-hydroxylation sites is 2. The maximum Gasteiger partial charge on any atom is 0.321 e. The zero-order valence-corrected chi connectivity index (χ0v) is 17.0. The molecule has 1 heterocycles. The topological polar surface area (TPSA) is 134 Å². The van der Waals surface area contributed by atoms with E-state index in [4.69, 9.17) is 0 Å². The number of amides is 4. The van der Waals surface area contributed by atoms with Crippen molar-refractivity contribution in [3.05, 3.63) is 64.5 Å². The van der Waals surface area contributed by atoms with E-state index in [9.17, 15) is 28.9 Å². The Bertz CT molecular complexity index is 1010. The van der Waals surface area contributed by atoms with Gasteiger partial charge in [-0.1, -0.05) is 12.1 Å². The van der Waals surface area contributed by atoms with Crippen LogP contribution in [-0.2, 0) is 9.59 Å². The first-order valence-corrected chi connectivity index (χ1v) is 9.97. The third-order valence-electron chi connectivity index (χ3n) is 5.10. The first kappa shape index (κ1) is 22.7. The molecule has 1 saturated heterocycles. The molecule has 1 aliphatic rings. The van der Waals surface area contributed by atoms with Crippen LogP contribution in [0.4, 0.5) is 26.2 Å². The lowest BCUT2D eigenvalue weighted by Gasteiger charge is -2.32. The van der Waals surface area contributed by atoms with Gasteiger partial charge in [0.25, 0.3) is 5.69 Å². The highest BCUT2D eigenvalue weighted by Gasteiger charge is 2.25. The monoisotopic (exact) mass is 443 g/mol. The number of hydrogen-bond acceptors (Lipinski definition) is 5. The number of nitrogens with one attached hydrogen (secondary N) is 3. The summed E-state index contributed by atoms with van der Waals surface area (Å²) in [7, 11) is 0. The molecule has 0 aliphatic carbocycles. The van der Waals surface area contributed by atoms with E-state index in [2.05, 4.69) is 16.0 Å². The van der Waals surface area contributed by atoms with Crippen molar-refractivity contribution in [3.8, 4) is 0 Å². The summed E-state index contributed by atoms with van der Waals surface area (Å²) in [6.45, 7) is 1.18. The summed E-state index contributed by atoms with van der Waals surface area (Å²) in [6.07, 6.45) is 1.26. The van der Waals surface area contributed by atoms with Gasteiger partial charge in [-0.3, -0.25) is 19.7 Å². The minimum absolute atomic E-state index is 0.0573. The second-order valence-electron chi connectivity index (χ2n) is 7.31. The van der Waals surface area contributed by atoms with E-state index in [1.165, 1.54) is 48.5 Å². The van der Waals surface area contributed by atoms with Crippen LogP contribution in [0.15, 0.2) is 48.5 Å². The lowest BCUT2D eigenvalue weighted by atomic mass is 9.97. The molecule has 1 fully saturated rings. The Morgan fingerprint density at radius 1 is 1.00 bits per heavy atom. The van der Waals surface area contributed by atoms with Crippen LogP contribution in [0.25, 0.3) is 0 Å². The molecule has 0 bridgehead atoms. The van der Waals surface area contributed by atoms with Gasteiger partial charge in [-0.15, -0.1) is 0 Å². The van der Waals surface area contributed by atoms with Crippen LogP contribution in [0, 0.1) is 21.8 Å². The molecule has 168 valence electrons. The van der Waals surface area contributed by atoms with Crippen LogP contribution in [0.3, 0.4) is 0 Å². The zero-order chi connectivity index (χ0) is 23.1. The highest BCUT2D eigenvalue weighted by atomic mass is 19.1. The van der Waals surface area contributed by atoms with E-state index in [-0.39, 0.29) is 35.7 Å². The number of anilines is 2. The van der Waals surface area contributed by atoms with Crippen molar-refractivity contribution in [1.29, 1.82) is 0 Å². The van der Waals surface area contributed by atoms with Gasteiger partial charge >= 0.3 is 17.8 Å². The maximum absolute atomic E-state index is 13.0. The molecule has 0 spiro atoms. The predicted molar refractivity (Wildman–Crippen MR) is 114 cm³/mol. The van der Waals surface area contributed by atoms with Crippen molar-refractivity contribution < 1.29 is 23.7 Å². The average Bonchev–Trinajstić information content (AvgIpc) is 2.79. The molecular weight excluding hydrogens is 421 g/mol. The van der Waals surface area contributed by atoms with Gasteiger partial charge in [-0.05, 0) is 49.1 Å². The van der Waals surface area contributed by atoms with Crippen molar-refractivity contribution in [1.82, 2.24) is 10.2 Å². The zero-order valence-electron chi connectivity index (χ0n) is 17.0. The van der Waals surface area contributed by atoms with Gasteiger partial charge in [-0.25, -0.2) is 9.18 Å². The van der Waals surface area contributed by atoms with Crippen LogP contribution < -0.4 is 16.0 Å². The smallest absolute Gasteiger partial charge is 0.321 e.